The summed E-state index contributed by atoms with van der Waals surface area (Å²) in [7, 11) is 0. The first-order valence-electron chi connectivity index (χ1n) is 4.80. The Morgan fingerprint density at radius 1 is 1.06 bits per heavy atom. The third-order valence-electron chi connectivity index (χ3n) is 2.18. The zero-order valence-electron chi connectivity index (χ0n) is 8.29. The Labute approximate surface area is 96.0 Å². The number of thiazole rings is 1. The number of H-pyrrole nitrogens is 1. The second kappa shape index (κ2) is 3.86. The van der Waals surface area contributed by atoms with E-state index in [1.807, 2.05) is 24.4 Å². The van der Waals surface area contributed by atoms with E-state index >= 15 is 0 Å². The molecule has 3 aromatic rings. The average Bonchev–Trinajstić information content (AvgIpc) is 3.01. The molecule has 0 unspecified atom stereocenters. The van der Waals surface area contributed by atoms with Crippen LogP contribution >= 0.6 is 11.3 Å². The van der Waals surface area contributed by atoms with Gasteiger partial charge in [-0.15, -0.1) is 11.3 Å². The third kappa shape index (κ3) is 1.61. The number of hydrogen-bond donors (Lipinski definition) is 1. The van der Waals surface area contributed by atoms with E-state index < -0.39 is 0 Å². The molecule has 0 spiro atoms. The van der Waals surface area contributed by atoms with Gasteiger partial charge in [-0.1, -0.05) is 30.3 Å². The Bertz CT molecular complexity index is 571. The zero-order chi connectivity index (χ0) is 10.8. The first-order chi connectivity index (χ1) is 7.93. The first-order valence-corrected chi connectivity index (χ1v) is 5.62. The summed E-state index contributed by atoms with van der Waals surface area (Å²) in [6, 6.07) is 10.2. The van der Waals surface area contributed by atoms with Crippen molar-refractivity contribution in [3.05, 3.63) is 42.9 Å². The van der Waals surface area contributed by atoms with Gasteiger partial charge in [-0.05, 0) is 5.56 Å². The van der Waals surface area contributed by atoms with Gasteiger partial charge >= 0.3 is 0 Å². The molecule has 4 nitrogen and oxygen atoms in total. The summed E-state index contributed by atoms with van der Waals surface area (Å²) >= 11 is 1.60. The van der Waals surface area contributed by atoms with Gasteiger partial charge in [0, 0.05) is 6.20 Å². The fraction of sp³-hybridized carbons (Fsp3) is 0. The molecule has 2 aromatic heterocycles. The standard InChI is InChI=1S/C11H8N4S/c1-2-4-8(5-3-1)9-6-12-11(16-9)10-13-7-14-15-10/h1-7H,(H,13,14,15). The summed E-state index contributed by atoms with van der Waals surface area (Å²) < 4.78 is 0. The molecule has 3 rings (SSSR count). The Kier molecular flexibility index (Phi) is 2.23. The quantitative estimate of drug-likeness (QED) is 0.733. The van der Waals surface area contributed by atoms with Crippen LogP contribution < -0.4 is 0 Å². The molecular weight excluding hydrogens is 220 g/mol. The van der Waals surface area contributed by atoms with Crippen LogP contribution in [-0.2, 0) is 0 Å². The summed E-state index contributed by atoms with van der Waals surface area (Å²) in [5.41, 5.74) is 1.17. The van der Waals surface area contributed by atoms with E-state index in [0.29, 0.717) is 5.82 Å². The van der Waals surface area contributed by atoms with Crippen molar-refractivity contribution in [2.24, 2.45) is 0 Å². The van der Waals surface area contributed by atoms with Crippen LogP contribution in [0.4, 0.5) is 0 Å². The summed E-state index contributed by atoms with van der Waals surface area (Å²) in [6.07, 6.45) is 3.34. The highest BCUT2D eigenvalue weighted by Gasteiger charge is 2.07. The Morgan fingerprint density at radius 2 is 1.94 bits per heavy atom. The highest BCUT2D eigenvalue weighted by Crippen LogP contribution is 2.29. The van der Waals surface area contributed by atoms with Crippen molar-refractivity contribution in [3.8, 4) is 21.3 Å². The molecule has 0 bridgehead atoms. The molecule has 0 atom stereocenters. The van der Waals surface area contributed by atoms with Crippen molar-refractivity contribution < 1.29 is 0 Å². The van der Waals surface area contributed by atoms with Gasteiger partial charge in [0.15, 0.2) is 10.8 Å². The SMILES string of the molecule is c1ccc(-c2cnc(-c3ncn[nH]3)s2)cc1. The minimum Gasteiger partial charge on any atom is -0.257 e. The van der Waals surface area contributed by atoms with E-state index in [1.165, 1.54) is 11.9 Å². The third-order valence-corrected chi connectivity index (χ3v) is 3.23. The normalized spacial score (nSPS) is 10.5. The van der Waals surface area contributed by atoms with Crippen LogP contribution in [-0.4, -0.2) is 20.2 Å². The lowest BCUT2D eigenvalue weighted by Crippen LogP contribution is -1.76. The fourth-order valence-corrected chi connectivity index (χ4v) is 2.30. The fourth-order valence-electron chi connectivity index (χ4n) is 1.43. The average molecular weight is 228 g/mol. The van der Waals surface area contributed by atoms with Gasteiger partial charge < -0.3 is 0 Å². The van der Waals surface area contributed by atoms with E-state index in [0.717, 1.165) is 9.88 Å². The summed E-state index contributed by atoms with van der Waals surface area (Å²) in [4.78, 5) is 9.53. The molecule has 0 saturated carbocycles. The van der Waals surface area contributed by atoms with E-state index in [9.17, 15) is 0 Å². The largest absolute Gasteiger partial charge is 0.257 e. The number of benzene rings is 1. The highest BCUT2D eigenvalue weighted by atomic mass is 32.1. The van der Waals surface area contributed by atoms with Gasteiger partial charge in [-0.2, -0.15) is 5.10 Å². The van der Waals surface area contributed by atoms with Gasteiger partial charge in [-0.3, -0.25) is 5.10 Å². The maximum Gasteiger partial charge on any atom is 0.184 e. The number of hydrogen-bond acceptors (Lipinski definition) is 4. The molecule has 1 aromatic carbocycles. The Balaban J connectivity index is 2.00. The van der Waals surface area contributed by atoms with E-state index in [2.05, 4.69) is 32.3 Å². The number of aromatic amines is 1. The highest BCUT2D eigenvalue weighted by molar-refractivity contribution is 7.18. The molecule has 0 aliphatic rings. The van der Waals surface area contributed by atoms with Crippen LogP contribution in [0, 0.1) is 0 Å². The summed E-state index contributed by atoms with van der Waals surface area (Å²) in [5, 5.41) is 7.47. The lowest BCUT2D eigenvalue weighted by molar-refractivity contribution is 1.09. The predicted octanol–water partition coefficient (Wildman–Crippen LogP) is 2.60. The van der Waals surface area contributed by atoms with Gasteiger partial charge in [-0.25, -0.2) is 9.97 Å². The molecule has 0 aliphatic carbocycles. The maximum atomic E-state index is 4.32. The minimum atomic E-state index is 0.715. The molecular formula is C11H8N4S. The smallest absolute Gasteiger partial charge is 0.184 e. The van der Waals surface area contributed by atoms with Crippen LogP contribution in [0.2, 0.25) is 0 Å². The van der Waals surface area contributed by atoms with Crippen molar-refractivity contribution in [2.75, 3.05) is 0 Å². The van der Waals surface area contributed by atoms with Crippen molar-refractivity contribution in [2.45, 2.75) is 0 Å². The van der Waals surface area contributed by atoms with Crippen molar-refractivity contribution in [3.63, 3.8) is 0 Å². The van der Waals surface area contributed by atoms with Crippen LogP contribution in [0.1, 0.15) is 0 Å². The molecule has 5 heteroatoms. The Hall–Kier alpha value is -2.01. The second-order valence-corrected chi connectivity index (χ2v) is 4.26. The minimum absolute atomic E-state index is 0.715. The predicted molar refractivity (Wildman–Crippen MR) is 62.9 cm³/mol. The second-order valence-electron chi connectivity index (χ2n) is 3.23. The molecule has 16 heavy (non-hydrogen) atoms. The van der Waals surface area contributed by atoms with Crippen LogP contribution in [0.5, 0.6) is 0 Å². The number of rotatable bonds is 2. The van der Waals surface area contributed by atoms with E-state index in [4.69, 9.17) is 0 Å². The topological polar surface area (TPSA) is 54.5 Å². The van der Waals surface area contributed by atoms with Gasteiger partial charge in [0.2, 0.25) is 0 Å². The van der Waals surface area contributed by atoms with Gasteiger partial charge in [0.1, 0.15) is 6.33 Å². The van der Waals surface area contributed by atoms with Crippen LogP contribution in [0.15, 0.2) is 42.9 Å². The maximum absolute atomic E-state index is 4.32. The molecule has 0 aliphatic heterocycles. The number of aromatic nitrogens is 4. The van der Waals surface area contributed by atoms with Crippen LogP contribution in [0.3, 0.4) is 0 Å². The molecule has 0 radical (unpaired) electrons. The molecule has 0 fully saturated rings. The first kappa shape index (κ1) is 9.23. The van der Waals surface area contributed by atoms with Gasteiger partial charge in [0.25, 0.3) is 0 Å². The molecule has 2 heterocycles. The van der Waals surface area contributed by atoms with Crippen molar-refractivity contribution >= 4 is 11.3 Å². The lowest BCUT2D eigenvalue weighted by Gasteiger charge is -1.93. The van der Waals surface area contributed by atoms with Crippen molar-refractivity contribution in [1.82, 2.24) is 20.2 Å². The molecule has 0 amide bonds. The number of nitrogens with zero attached hydrogens (tertiary/aromatic N) is 3. The number of nitrogens with one attached hydrogen (secondary N) is 1. The van der Waals surface area contributed by atoms with E-state index in [1.54, 1.807) is 11.3 Å². The molecule has 78 valence electrons. The summed E-state index contributed by atoms with van der Waals surface area (Å²) in [6.45, 7) is 0. The van der Waals surface area contributed by atoms with Crippen LogP contribution in [0.25, 0.3) is 21.3 Å². The summed E-state index contributed by atoms with van der Waals surface area (Å²) in [5.74, 6) is 0.715. The monoisotopic (exact) mass is 228 g/mol. The van der Waals surface area contributed by atoms with E-state index in [-0.39, 0.29) is 0 Å². The zero-order valence-corrected chi connectivity index (χ0v) is 9.11. The molecule has 0 saturated heterocycles. The lowest BCUT2D eigenvalue weighted by atomic mass is 10.2. The Morgan fingerprint density at radius 3 is 2.69 bits per heavy atom. The van der Waals surface area contributed by atoms with Gasteiger partial charge in [0.05, 0.1) is 4.88 Å². The molecule has 1 N–H and O–H groups in total. The van der Waals surface area contributed by atoms with Crippen molar-refractivity contribution in [1.29, 1.82) is 0 Å².